The van der Waals surface area contributed by atoms with Crippen molar-refractivity contribution in [1.29, 1.82) is 5.26 Å². The molecule has 2 rings (SSSR count). The second-order valence-corrected chi connectivity index (χ2v) is 3.62. The number of ether oxygens (including phenoxy) is 2. The molecule has 2 heterocycles. The van der Waals surface area contributed by atoms with Crippen LogP contribution in [0, 0.1) is 11.3 Å². The molecule has 1 aromatic rings. The number of nitriles is 1. The number of aromatic nitrogens is 1. The molecule has 0 atom stereocenters. The highest BCUT2D eigenvalue weighted by molar-refractivity contribution is 5.44. The summed E-state index contributed by atoms with van der Waals surface area (Å²) in [6.45, 7) is 1.41. The average Bonchev–Trinajstić information content (AvgIpc) is 2.33. The van der Waals surface area contributed by atoms with Crippen molar-refractivity contribution in [2.75, 3.05) is 18.9 Å². The van der Waals surface area contributed by atoms with Gasteiger partial charge in [-0.2, -0.15) is 5.26 Å². The van der Waals surface area contributed by atoms with Crippen LogP contribution in [0.5, 0.6) is 5.75 Å². The van der Waals surface area contributed by atoms with Crippen LogP contribution >= 0.6 is 0 Å². The van der Waals surface area contributed by atoms with Crippen LogP contribution in [0.15, 0.2) is 12.1 Å². The van der Waals surface area contributed by atoms with Gasteiger partial charge in [-0.15, -0.1) is 0 Å². The quantitative estimate of drug-likeness (QED) is 0.805. The molecule has 5 heteroatoms. The number of hydrogen-bond acceptors (Lipinski definition) is 5. The van der Waals surface area contributed by atoms with Crippen LogP contribution in [0.3, 0.4) is 0 Å². The van der Waals surface area contributed by atoms with Crippen LogP contribution in [0.4, 0.5) is 5.82 Å². The standard InChI is InChI=1S/C11H13N3O2/c12-7-9-10(1-2-11(13)14-9)16-8-3-5-15-6-4-8/h1-2,8H,3-6H2,(H2,13,14). The summed E-state index contributed by atoms with van der Waals surface area (Å²) in [5.74, 6) is 0.833. The first-order chi connectivity index (χ1) is 7.79. The molecule has 0 radical (unpaired) electrons. The normalized spacial score (nSPS) is 16.7. The third-order valence-corrected chi connectivity index (χ3v) is 2.45. The molecule has 1 aromatic heterocycles. The maximum absolute atomic E-state index is 8.90. The summed E-state index contributed by atoms with van der Waals surface area (Å²) in [6, 6.07) is 5.30. The zero-order valence-corrected chi connectivity index (χ0v) is 8.85. The van der Waals surface area contributed by atoms with E-state index in [-0.39, 0.29) is 11.8 Å². The first-order valence-electron chi connectivity index (χ1n) is 5.20. The second-order valence-electron chi connectivity index (χ2n) is 3.62. The predicted octanol–water partition coefficient (Wildman–Crippen LogP) is 1.09. The van der Waals surface area contributed by atoms with Gasteiger partial charge in [-0.1, -0.05) is 0 Å². The fourth-order valence-electron chi connectivity index (χ4n) is 1.61. The highest BCUT2D eigenvalue weighted by atomic mass is 16.5. The van der Waals surface area contributed by atoms with Crippen molar-refractivity contribution in [3.8, 4) is 11.8 Å². The van der Waals surface area contributed by atoms with Crippen molar-refractivity contribution in [3.63, 3.8) is 0 Å². The zero-order chi connectivity index (χ0) is 11.4. The van der Waals surface area contributed by atoms with Gasteiger partial charge >= 0.3 is 0 Å². The lowest BCUT2D eigenvalue weighted by atomic mass is 10.1. The Labute approximate surface area is 93.8 Å². The number of nitrogens with two attached hydrogens (primary N) is 1. The molecule has 16 heavy (non-hydrogen) atoms. The summed E-state index contributed by atoms with van der Waals surface area (Å²) in [5.41, 5.74) is 5.74. The number of anilines is 1. The molecule has 1 saturated heterocycles. The zero-order valence-electron chi connectivity index (χ0n) is 8.85. The molecule has 0 bridgehead atoms. The maximum atomic E-state index is 8.90. The van der Waals surface area contributed by atoms with E-state index in [1.54, 1.807) is 12.1 Å². The van der Waals surface area contributed by atoms with Gasteiger partial charge in [0.05, 0.1) is 13.2 Å². The molecular weight excluding hydrogens is 206 g/mol. The summed E-state index contributed by atoms with van der Waals surface area (Å²) < 4.78 is 10.9. The first-order valence-corrected chi connectivity index (χ1v) is 5.20. The lowest BCUT2D eigenvalue weighted by Gasteiger charge is -2.23. The fourth-order valence-corrected chi connectivity index (χ4v) is 1.61. The van der Waals surface area contributed by atoms with Gasteiger partial charge in [0, 0.05) is 12.8 Å². The average molecular weight is 219 g/mol. The summed E-state index contributed by atoms with van der Waals surface area (Å²) in [7, 11) is 0. The largest absolute Gasteiger partial charge is 0.487 e. The summed E-state index contributed by atoms with van der Waals surface area (Å²) >= 11 is 0. The molecule has 5 nitrogen and oxygen atoms in total. The van der Waals surface area contributed by atoms with Crippen LogP contribution in [-0.4, -0.2) is 24.3 Å². The van der Waals surface area contributed by atoms with Crippen LogP contribution in [0.1, 0.15) is 18.5 Å². The first kappa shape index (κ1) is 10.7. The maximum Gasteiger partial charge on any atom is 0.184 e. The molecule has 0 aliphatic carbocycles. The van der Waals surface area contributed by atoms with Gasteiger partial charge < -0.3 is 15.2 Å². The number of hydrogen-bond donors (Lipinski definition) is 1. The Morgan fingerprint density at radius 3 is 2.88 bits per heavy atom. The molecule has 0 amide bonds. The topological polar surface area (TPSA) is 81.2 Å². The van der Waals surface area contributed by atoms with E-state index in [4.69, 9.17) is 20.5 Å². The third kappa shape index (κ3) is 2.41. The van der Waals surface area contributed by atoms with E-state index in [0.29, 0.717) is 24.8 Å². The Morgan fingerprint density at radius 2 is 2.19 bits per heavy atom. The van der Waals surface area contributed by atoms with Crippen molar-refractivity contribution < 1.29 is 9.47 Å². The van der Waals surface area contributed by atoms with Crippen molar-refractivity contribution in [2.45, 2.75) is 18.9 Å². The van der Waals surface area contributed by atoms with Gasteiger partial charge in [0.15, 0.2) is 11.4 Å². The predicted molar refractivity (Wildman–Crippen MR) is 57.8 cm³/mol. The van der Waals surface area contributed by atoms with E-state index in [0.717, 1.165) is 12.8 Å². The molecule has 1 aliphatic heterocycles. The number of rotatable bonds is 2. The molecular formula is C11H13N3O2. The Morgan fingerprint density at radius 1 is 1.44 bits per heavy atom. The van der Waals surface area contributed by atoms with Crippen LogP contribution in [-0.2, 0) is 4.74 Å². The van der Waals surface area contributed by atoms with Crippen LogP contribution < -0.4 is 10.5 Å². The van der Waals surface area contributed by atoms with Gasteiger partial charge in [-0.3, -0.25) is 0 Å². The molecule has 1 aliphatic rings. The molecule has 0 saturated carbocycles. The SMILES string of the molecule is N#Cc1nc(N)ccc1OC1CCOCC1. The Kier molecular flexibility index (Phi) is 3.22. The van der Waals surface area contributed by atoms with E-state index in [9.17, 15) is 0 Å². The van der Waals surface area contributed by atoms with Crippen LogP contribution in [0.25, 0.3) is 0 Å². The van der Waals surface area contributed by atoms with Crippen molar-refractivity contribution in [1.82, 2.24) is 4.98 Å². The minimum atomic E-state index is 0.103. The Balaban J connectivity index is 2.11. The van der Waals surface area contributed by atoms with Crippen molar-refractivity contribution in [3.05, 3.63) is 17.8 Å². The van der Waals surface area contributed by atoms with E-state index >= 15 is 0 Å². The molecule has 84 valence electrons. The number of nitrogens with zero attached hydrogens (tertiary/aromatic N) is 2. The molecule has 1 fully saturated rings. The smallest absolute Gasteiger partial charge is 0.184 e. The summed E-state index contributed by atoms with van der Waals surface area (Å²) in [4.78, 5) is 3.92. The van der Waals surface area contributed by atoms with Gasteiger partial charge in [0.25, 0.3) is 0 Å². The van der Waals surface area contributed by atoms with Gasteiger partial charge in [0.2, 0.25) is 0 Å². The summed E-state index contributed by atoms with van der Waals surface area (Å²) in [5, 5.41) is 8.90. The van der Waals surface area contributed by atoms with Gasteiger partial charge in [-0.25, -0.2) is 4.98 Å². The van der Waals surface area contributed by atoms with Crippen molar-refractivity contribution in [2.24, 2.45) is 0 Å². The number of pyridine rings is 1. The fraction of sp³-hybridized carbons (Fsp3) is 0.455. The second kappa shape index (κ2) is 4.81. The molecule has 0 unspecified atom stereocenters. The van der Waals surface area contributed by atoms with E-state index in [2.05, 4.69) is 4.98 Å². The van der Waals surface area contributed by atoms with E-state index in [1.807, 2.05) is 6.07 Å². The third-order valence-electron chi connectivity index (χ3n) is 2.45. The van der Waals surface area contributed by atoms with Crippen LogP contribution in [0.2, 0.25) is 0 Å². The van der Waals surface area contributed by atoms with E-state index in [1.165, 1.54) is 0 Å². The minimum absolute atomic E-state index is 0.103. The monoisotopic (exact) mass is 219 g/mol. The highest BCUT2D eigenvalue weighted by Gasteiger charge is 2.17. The van der Waals surface area contributed by atoms with E-state index < -0.39 is 0 Å². The molecule has 2 N–H and O–H groups in total. The molecule has 0 spiro atoms. The van der Waals surface area contributed by atoms with Gasteiger partial charge in [-0.05, 0) is 12.1 Å². The van der Waals surface area contributed by atoms with Gasteiger partial charge in [0.1, 0.15) is 18.0 Å². The Bertz CT molecular complexity index is 408. The molecule has 0 aromatic carbocycles. The Hall–Kier alpha value is -1.80. The number of nitrogen functional groups attached to an aromatic ring is 1. The lowest BCUT2D eigenvalue weighted by molar-refractivity contribution is 0.0253. The van der Waals surface area contributed by atoms with Crippen molar-refractivity contribution >= 4 is 5.82 Å². The summed E-state index contributed by atoms with van der Waals surface area (Å²) in [6.07, 6.45) is 1.79. The lowest BCUT2D eigenvalue weighted by Crippen LogP contribution is -2.26. The minimum Gasteiger partial charge on any atom is -0.487 e. The highest BCUT2D eigenvalue weighted by Crippen LogP contribution is 2.21.